The van der Waals surface area contributed by atoms with E-state index in [1.807, 2.05) is 0 Å². The quantitative estimate of drug-likeness (QED) is 0.341. The van der Waals surface area contributed by atoms with E-state index in [4.69, 9.17) is 19.8 Å². The predicted molar refractivity (Wildman–Crippen MR) is 113 cm³/mol. The van der Waals surface area contributed by atoms with Crippen molar-refractivity contribution in [3.8, 4) is 0 Å². The molecule has 0 unspecified atom stereocenters. The molecule has 0 aliphatic rings. The smallest absolute Gasteiger partial charge is 0.481 e. The van der Waals surface area contributed by atoms with E-state index in [9.17, 15) is 0 Å². The average molecular weight is 424 g/mol. The molecule has 0 aliphatic heterocycles. The van der Waals surface area contributed by atoms with E-state index in [-0.39, 0.29) is 21.7 Å². The molecule has 29 heavy (non-hydrogen) atoms. The van der Waals surface area contributed by atoms with E-state index >= 15 is 0 Å². The molecule has 0 saturated heterocycles. The van der Waals surface area contributed by atoms with Crippen LogP contribution in [0.3, 0.4) is 0 Å². The third-order valence-corrected chi connectivity index (χ3v) is 4.06. The van der Waals surface area contributed by atoms with Gasteiger partial charge in [-0.2, -0.15) is 12.1 Å². The summed E-state index contributed by atoms with van der Waals surface area (Å²) in [5, 5.41) is 20.3. The Bertz CT molecular complexity index is 899. The summed E-state index contributed by atoms with van der Waals surface area (Å²) in [5.74, 6) is -1.67. The maximum atomic E-state index is 9.00. The minimum absolute atomic E-state index is 0. The Hall–Kier alpha value is -2.69. The van der Waals surface area contributed by atoms with Gasteiger partial charge in [-0.15, -0.1) is 81.2 Å². The second-order valence-electron chi connectivity index (χ2n) is 6.52. The number of hydrogen-bond donors (Lipinski definition) is 2. The molecule has 0 fully saturated rings. The van der Waals surface area contributed by atoms with Gasteiger partial charge >= 0.3 is 21.7 Å². The third kappa shape index (κ3) is 8.47. The van der Waals surface area contributed by atoms with Crippen molar-refractivity contribution in [2.75, 3.05) is 0 Å². The average Bonchev–Trinajstić information content (AvgIpc) is 3.22. The molecule has 0 amide bonds. The monoisotopic (exact) mass is 424 g/mol. The molecule has 0 heterocycles. The Labute approximate surface area is 185 Å². The third-order valence-electron chi connectivity index (χ3n) is 4.06. The molecule has 0 aliphatic carbocycles. The van der Waals surface area contributed by atoms with Crippen molar-refractivity contribution >= 4 is 33.5 Å². The molecule has 5 heteroatoms. The van der Waals surface area contributed by atoms with E-state index in [2.05, 4.69) is 72.8 Å². The van der Waals surface area contributed by atoms with Gasteiger partial charge in [-0.25, -0.2) is 0 Å². The first-order chi connectivity index (χ1) is 13.3. The summed E-state index contributed by atoms with van der Waals surface area (Å²) in [6.45, 7) is 2.17. The summed E-state index contributed by atoms with van der Waals surface area (Å²) in [6, 6.07) is 26.5. The van der Waals surface area contributed by atoms with Crippen molar-refractivity contribution in [3.63, 3.8) is 0 Å². The topological polar surface area (TPSA) is 74.6 Å². The van der Waals surface area contributed by atoms with E-state index in [0.29, 0.717) is 0 Å². The van der Waals surface area contributed by atoms with Gasteiger partial charge in [0.05, 0.1) is 0 Å². The Morgan fingerprint density at radius 3 is 1.34 bits per heavy atom. The first-order valence-electron chi connectivity index (χ1n) is 9.03. The molecule has 4 nitrogen and oxygen atoms in total. The normalized spacial score (nSPS) is 9.59. The maximum absolute atomic E-state index is 9.00. The zero-order valence-electron chi connectivity index (χ0n) is 16.6. The van der Waals surface area contributed by atoms with Crippen LogP contribution in [0, 0.1) is 0 Å². The standard InChI is InChI=1S/C20H16.2C2H4O2.Ti/c1-2-6-18-12-15(11-17(18)5-1)9-10-16-13-19-7-3-4-8-20(19)14-16;2*1-2(3)4;/h1-8,11-14H,9-10H2;2*1H3,(H,3,4);/q-2;;;+2. The van der Waals surface area contributed by atoms with Gasteiger partial charge < -0.3 is 10.2 Å². The van der Waals surface area contributed by atoms with Crippen molar-refractivity contribution in [2.45, 2.75) is 26.7 Å². The maximum Gasteiger partial charge on any atom is 2.00 e. The summed E-state index contributed by atoms with van der Waals surface area (Å²) in [6.07, 6.45) is 2.23. The Balaban J connectivity index is 0.000000405. The van der Waals surface area contributed by atoms with Gasteiger partial charge in [0.1, 0.15) is 0 Å². The summed E-state index contributed by atoms with van der Waals surface area (Å²) in [5.41, 5.74) is 2.88. The second kappa shape index (κ2) is 12.0. The zero-order valence-corrected chi connectivity index (χ0v) is 18.1. The number of hydrogen-bond acceptors (Lipinski definition) is 2. The fourth-order valence-electron chi connectivity index (χ4n) is 3.01. The molecule has 148 valence electrons. The van der Waals surface area contributed by atoms with Crippen molar-refractivity contribution in [3.05, 3.63) is 83.9 Å². The Morgan fingerprint density at radius 1 is 0.724 bits per heavy atom. The largest absolute Gasteiger partial charge is 2.00 e. The number of rotatable bonds is 3. The first kappa shape index (κ1) is 24.4. The molecule has 4 rings (SSSR count). The van der Waals surface area contributed by atoms with Crippen LogP contribution in [0.25, 0.3) is 21.5 Å². The number of carbonyl (C=O) groups is 2. The molecule has 0 bridgehead atoms. The van der Waals surface area contributed by atoms with Gasteiger partial charge in [-0.05, 0) is 12.8 Å². The van der Waals surface area contributed by atoms with Crippen molar-refractivity contribution in [1.82, 2.24) is 0 Å². The number of aliphatic carboxylic acids is 2. The first-order valence-corrected chi connectivity index (χ1v) is 9.03. The van der Waals surface area contributed by atoms with Crippen LogP contribution >= 0.6 is 0 Å². The minimum atomic E-state index is -0.833. The summed E-state index contributed by atoms with van der Waals surface area (Å²) in [7, 11) is 0. The van der Waals surface area contributed by atoms with Gasteiger partial charge in [0.25, 0.3) is 11.9 Å². The van der Waals surface area contributed by atoms with Gasteiger partial charge in [-0.3, -0.25) is 9.59 Å². The van der Waals surface area contributed by atoms with Crippen LogP contribution in [0.5, 0.6) is 0 Å². The molecular formula is C24H24O4Ti. The van der Waals surface area contributed by atoms with Gasteiger partial charge in [0.2, 0.25) is 0 Å². The van der Waals surface area contributed by atoms with Crippen LogP contribution in [-0.2, 0) is 44.1 Å². The molecule has 4 aromatic rings. The van der Waals surface area contributed by atoms with Crippen molar-refractivity contribution in [2.24, 2.45) is 0 Å². The van der Waals surface area contributed by atoms with Gasteiger partial charge in [-0.1, -0.05) is 12.1 Å². The van der Waals surface area contributed by atoms with E-state index < -0.39 is 11.9 Å². The van der Waals surface area contributed by atoms with Crippen LogP contribution in [0.4, 0.5) is 0 Å². The number of aryl methyl sites for hydroxylation is 2. The fourth-order valence-corrected chi connectivity index (χ4v) is 3.01. The van der Waals surface area contributed by atoms with E-state index in [0.717, 1.165) is 26.7 Å². The van der Waals surface area contributed by atoms with Gasteiger partial charge in [0.15, 0.2) is 0 Å². The van der Waals surface area contributed by atoms with Crippen LogP contribution in [0.1, 0.15) is 25.0 Å². The molecule has 0 saturated carbocycles. The summed E-state index contributed by atoms with van der Waals surface area (Å²) >= 11 is 0. The number of fused-ring (bicyclic) bond motifs is 2. The van der Waals surface area contributed by atoms with E-state index in [1.165, 1.54) is 32.7 Å². The molecule has 0 atom stereocenters. The number of benzene rings is 2. The van der Waals surface area contributed by atoms with Crippen LogP contribution in [0.15, 0.2) is 72.8 Å². The predicted octanol–water partition coefficient (Wildman–Crippen LogP) is 5.40. The molecule has 2 N–H and O–H groups in total. The molecule has 4 aromatic carbocycles. The van der Waals surface area contributed by atoms with Crippen molar-refractivity contribution < 1.29 is 41.5 Å². The molecule has 0 aromatic heterocycles. The Morgan fingerprint density at radius 2 is 1.03 bits per heavy atom. The summed E-state index contributed by atoms with van der Waals surface area (Å²) < 4.78 is 0. The van der Waals surface area contributed by atoms with E-state index in [1.54, 1.807) is 0 Å². The summed E-state index contributed by atoms with van der Waals surface area (Å²) in [4.78, 5) is 18.0. The fraction of sp³-hybridized carbons (Fsp3) is 0.167. The van der Waals surface area contributed by atoms with Crippen LogP contribution in [-0.4, -0.2) is 22.2 Å². The minimum Gasteiger partial charge on any atom is -0.481 e. The zero-order chi connectivity index (χ0) is 20.5. The SMILES string of the molecule is CC(=O)O.CC(=O)O.[Ti+2].c1ccc2[cH-]c(CCc3cc4ccccc4[cH-]3)cc2c1. The molecule has 0 radical (unpaired) electrons. The Kier molecular flexibility index (Phi) is 10.1. The number of carboxylic acid groups (broad SMARTS) is 2. The van der Waals surface area contributed by atoms with Crippen molar-refractivity contribution in [1.29, 1.82) is 0 Å². The molecule has 0 spiro atoms. The number of carboxylic acids is 2. The van der Waals surface area contributed by atoms with Gasteiger partial charge in [0, 0.05) is 13.8 Å². The van der Waals surface area contributed by atoms with Crippen LogP contribution < -0.4 is 0 Å². The van der Waals surface area contributed by atoms with Crippen LogP contribution in [0.2, 0.25) is 0 Å². The second-order valence-corrected chi connectivity index (χ2v) is 6.52. The molecular weight excluding hydrogens is 400 g/mol.